The van der Waals surface area contributed by atoms with Gasteiger partial charge in [-0.3, -0.25) is 4.79 Å². The van der Waals surface area contributed by atoms with Crippen LogP contribution >= 0.6 is 22.9 Å². The van der Waals surface area contributed by atoms with Crippen LogP contribution in [0.5, 0.6) is 0 Å². The average molecular weight is 349 g/mol. The topological polar surface area (TPSA) is 79.2 Å². The second kappa shape index (κ2) is 7.27. The molecule has 0 aliphatic rings. The number of halogens is 1. The van der Waals surface area contributed by atoms with Gasteiger partial charge >= 0.3 is 5.97 Å². The number of hydrogen-bond acceptors (Lipinski definition) is 5. The summed E-state index contributed by atoms with van der Waals surface area (Å²) in [6.07, 6.45) is 0. The summed E-state index contributed by atoms with van der Waals surface area (Å²) in [5.41, 5.74) is 1.22. The highest BCUT2D eigenvalue weighted by Gasteiger charge is 2.15. The molecule has 0 spiro atoms. The van der Waals surface area contributed by atoms with Crippen LogP contribution in [0.3, 0.4) is 0 Å². The normalized spacial score (nSPS) is 10.0. The van der Waals surface area contributed by atoms with Crippen molar-refractivity contribution in [1.82, 2.24) is 0 Å². The molecule has 5 nitrogen and oxygen atoms in total. The molecule has 118 valence electrons. The molecule has 0 aliphatic carbocycles. The Balaban J connectivity index is 1.93. The molecule has 0 unspecified atom stereocenters. The van der Waals surface area contributed by atoms with Gasteiger partial charge in [-0.15, -0.1) is 11.3 Å². The van der Waals surface area contributed by atoms with E-state index in [9.17, 15) is 9.59 Å². The van der Waals surface area contributed by atoms with Crippen molar-refractivity contribution < 1.29 is 14.3 Å². The third-order valence-corrected chi connectivity index (χ3v) is 4.25. The number of carbonyl (C=O) groups excluding carboxylic acids is 2. The standard InChI is InChI=1S/C16H13ClN2O3S/c1-9-5-13(10(2)23-9)16(21)22-8-15(20)19-12-4-3-11(7-18)14(17)6-12/h3-6H,8H2,1-2H3,(H,19,20). The van der Waals surface area contributed by atoms with Gasteiger partial charge in [0, 0.05) is 15.4 Å². The van der Waals surface area contributed by atoms with Crippen LogP contribution in [0.4, 0.5) is 5.69 Å². The molecule has 1 N–H and O–H groups in total. The van der Waals surface area contributed by atoms with Crippen molar-refractivity contribution in [3.05, 3.63) is 50.2 Å². The number of aryl methyl sites for hydroxylation is 2. The molecule has 0 fully saturated rings. The molecule has 0 atom stereocenters. The van der Waals surface area contributed by atoms with E-state index in [-0.39, 0.29) is 5.02 Å². The number of anilines is 1. The molecular weight excluding hydrogens is 336 g/mol. The van der Waals surface area contributed by atoms with Gasteiger partial charge in [-0.05, 0) is 38.1 Å². The summed E-state index contributed by atoms with van der Waals surface area (Å²) in [4.78, 5) is 25.6. The summed E-state index contributed by atoms with van der Waals surface area (Å²) in [5, 5.41) is 11.6. The molecule has 23 heavy (non-hydrogen) atoms. The summed E-state index contributed by atoms with van der Waals surface area (Å²) >= 11 is 7.38. The summed E-state index contributed by atoms with van der Waals surface area (Å²) in [6.45, 7) is 3.33. The molecule has 7 heteroatoms. The first-order valence-corrected chi connectivity index (χ1v) is 7.84. The molecular formula is C16H13ClN2O3S. The van der Waals surface area contributed by atoms with Crippen LogP contribution in [0.1, 0.15) is 25.7 Å². The predicted octanol–water partition coefficient (Wildman–Crippen LogP) is 3.69. The van der Waals surface area contributed by atoms with Crippen molar-refractivity contribution in [2.24, 2.45) is 0 Å². The van der Waals surface area contributed by atoms with Gasteiger partial charge < -0.3 is 10.1 Å². The van der Waals surface area contributed by atoms with Gasteiger partial charge in [0.15, 0.2) is 6.61 Å². The maximum atomic E-state index is 11.9. The van der Waals surface area contributed by atoms with Crippen molar-refractivity contribution >= 4 is 40.5 Å². The van der Waals surface area contributed by atoms with Crippen LogP contribution in [-0.2, 0) is 9.53 Å². The third-order valence-electron chi connectivity index (χ3n) is 2.97. The van der Waals surface area contributed by atoms with Gasteiger partial charge in [0.1, 0.15) is 6.07 Å². The van der Waals surface area contributed by atoms with Crippen LogP contribution in [0.15, 0.2) is 24.3 Å². The van der Waals surface area contributed by atoms with Gasteiger partial charge in [-0.1, -0.05) is 11.6 Å². The number of esters is 1. The molecule has 1 heterocycles. The summed E-state index contributed by atoms with van der Waals surface area (Å²) < 4.78 is 5.00. The number of rotatable bonds is 4. The first-order valence-electron chi connectivity index (χ1n) is 6.64. The number of nitrogens with zero attached hydrogens (tertiary/aromatic N) is 1. The molecule has 0 saturated heterocycles. The first kappa shape index (κ1) is 17.0. The van der Waals surface area contributed by atoms with E-state index in [0.29, 0.717) is 16.8 Å². The Kier molecular flexibility index (Phi) is 5.37. The highest BCUT2D eigenvalue weighted by molar-refractivity contribution is 7.12. The summed E-state index contributed by atoms with van der Waals surface area (Å²) in [6, 6.07) is 8.18. The van der Waals surface area contributed by atoms with Crippen LogP contribution in [-0.4, -0.2) is 18.5 Å². The van der Waals surface area contributed by atoms with Crippen LogP contribution in [0.25, 0.3) is 0 Å². The molecule has 0 radical (unpaired) electrons. The highest BCUT2D eigenvalue weighted by Crippen LogP contribution is 2.22. The van der Waals surface area contributed by atoms with Gasteiger partial charge in [0.05, 0.1) is 16.1 Å². The lowest BCUT2D eigenvalue weighted by atomic mass is 10.2. The number of carbonyl (C=O) groups is 2. The van der Waals surface area contributed by atoms with Gasteiger partial charge in [-0.25, -0.2) is 4.79 Å². The minimum Gasteiger partial charge on any atom is -0.452 e. The smallest absolute Gasteiger partial charge is 0.339 e. The van der Waals surface area contributed by atoms with E-state index in [1.807, 2.05) is 19.9 Å². The lowest BCUT2D eigenvalue weighted by Crippen LogP contribution is -2.21. The number of nitrogens with one attached hydrogen (secondary N) is 1. The van der Waals surface area contributed by atoms with Gasteiger partial charge in [0.25, 0.3) is 5.91 Å². The molecule has 2 aromatic rings. The maximum absolute atomic E-state index is 11.9. The lowest BCUT2D eigenvalue weighted by Gasteiger charge is -2.07. The minimum atomic E-state index is -0.528. The number of amides is 1. The van der Waals surface area contributed by atoms with E-state index in [1.54, 1.807) is 12.1 Å². The zero-order valence-electron chi connectivity index (χ0n) is 12.5. The maximum Gasteiger partial charge on any atom is 0.339 e. The van der Waals surface area contributed by atoms with Gasteiger partial charge in [-0.2, -0.15) is 5.26 Å². The Bertz CT molecular complexity index is 808. The fourth-order valence-electron chi connectivity index (χ4n) is 1.92. The van der Waals surface area contributed by atoms with Crippen molar-refractivity contribution in [2.45, 2.75) is 13.8 Å². The fourth-order valence-corrected chi connectivity index (χ4v) is 3.06. The molecule has 1 aromatic carbocycles. The largest absolute Gasteiger partial charge is 0.452 e. The number of benzene rings is 1. The van der Waals surface area contributed by atoms with E-state index < -0.39 is 18.5 Å². The predicted molar refractivity (Wildman–Crippen MR) is 88.9 cm³/mol. The number of hydrogen-bond donors (Lipinski definition) is 1. The lowest BCUT2D eigenvalue weighted by molar-refractivity contribution is -0.119. The molecule has 0 saturated carbocycles. The van der Waals surface area contributed by atoms with Crippen LogP contribution < -0.4 is 5.32 Å². The van der Waals surface area contributed by atoms with Crippen molar-refractivity contribution in [1.29, 1.82) is 5.26 Å². The Hall–Kier alpha value is -2.36. The third kappa shape index (κ3) is 4.31. The molecule has 1 aromatic heterocycles. The Morgan fingerprint density at radius 2 is 2.09 bits per heavy atom. The molecule has 1 amide bonds. The zero-order valence-corrected chi connectivity index (χ0v) is 14.0. The first-order chi connectivity index (χ1) is 10.9. The molecule has 0 aliphatic heterocycles. The second-order valence-electron chi connectivity index (χ2n) is 4.76. The Labute approximate surface area is 142 Å². The Morgan fingerprint density at radius 3 is 2.65 bits per heavy atom. The molecule has 2 rings (SSSR count). The number of nitriles is 1. The fraction of sp³-hybridized carbons (Fsp3) is 0.188. The SMILES string of the molecule is Cc1cc(C(=O)OCC(=O)Nc2ccc(C#N)c(Cl)c2)c(C)s1. The number of thiophene rings is 1. The van der Waals surface area contributed by atoms with Crippen LogP contribution in [0.2, 0.25) is 5.02 Å². The van der Waals surface area contributed by atoms with Gasteiger partial charge in [0.2, 0.25) is 0 Å². The molecule has 0 bridgehead atoms. The van der Waals surface area contributed by atoms with Crippen molar-refractivity contribution in [2.75, 3.05) is 11.9 Å². The van der Waals surface area contributed by atoms with Crippen molar-refractivity contribution in [3.8, 4) is 6.07 Å². The van der Waals surface area contributed by atoms with E-state index in [4.69, 9.17) is 21.6 Å². The number of ether oxygens (including phenoxy) is 1. The monoisotopic (exact) mass is 348 g/mol. The Morgan fingerprint density at radius 1 is 1.35 bits per heavy atom. The zero-order chi connectivity index (χ0) is 17.0. The van der Waals surface area contributed by atoms with Crippen molar-refractivity contribution in [3.63, 3.8) is 0 Å². The highest BCUT2D eigenvalue weighted by atomic mass is 35.5. The average Bonchev–Trinajstić information content (AvgIpc) is 2.84. The summed E-state index contributed by atoms with van der Waals surface area (Å²) in [5.74, 6) is -1.01. The summed E-state index contributed by atoms with van der Waals surface area (Å²) in [7, 11) is 0. The van der Waals surface area contributed by atoms with E-state index in [0.717, 1.165) is 9.75 Å². The van der Waals surface area contributed by atoms with Crippen LogP contribution in [0, 0.1) is 25.2 Å². The van der Waals surface area contributed by atoms with E-state index in [1.165, 1.54) is 23.5 Å². The quantitative estimate of drug-likeness (QED) is 0.855. The minimum absolute atomic E-state index is 0.242. The van der Waals surface area contributed by atoms with E-state index >= 15 is 0 Å². The second-order valence-corrected chi connectivity index (χ2v) is 6.63. The van der Waals surface area contributed by atoms with E-state index in [2.05, 4.69) is 5.32 Å².